The van der Waals surface area contributed by atoms with Gasteiger partial charge in [-0.25, -0.2) is 4.79 Å². The zero-order valence-electron chi connectivity index (χ0n) is 8.73. The van der Waals surface area contributed by atoms with Gasteiger partial charge in [-0.15, -0.1) is 0 Å². The molecule has 16 heavy (non-hydrogen) atoms. The molecular formula is C10H11NO4S. The fourth-order valence-corrected chi connectivity index (χ4v) is 2.42. The Kier molecular flexibility index (Phi) is 2.91. The summed E-state index contributed by atoms with van der Waals surface area (Å²) < 4.78 is 5.30. The third-order valence-electron chi connectivity index (χ3n) is 2.39. The minimum Gasteiger partial charge on any atom is -0.478 e. The first kappa shape index (κ1) is 11.1. The number of carbonyl (C=O) groups is 2. The number of carbonyl (C=O) groups excluding carboxylic acids is 1. The minimum atomic E-state index is -1.00. The molecule has 1 amide bonds. The van der Waals surface area contributed by atoms with Crippen molar-refractivity contribution in [2.24, 2.45) is 0 Å². The maximum absolute atomic E-state index is 11.3. The Morgan fingerprint density at radius 1 is 1.69 bits per heavy atom. The lowest BCUT2D eigenvalue weighted by atomic mass is 10.2. The van der Waals surface area contributed by atoms with Crippen molar-refractivity contribution in [3.05, 3.63) is 23.2 Å². The van der Waals surface area contributed by atoms with E-state index in [0.29, 0.717) is 24.6 Å². The van der Waals surface area contributed by atoms with Crippen molar-refractivity contribution in [3.63, 3.8) is 0 Å². The van der Waals surface area contributed by atoms with Crippen LogP contribution in [0.4, 0.5) is 4.79 Å². The molecule has 0 aromatic carbocycles. The highest BCUT2D eigenvalue weighted by Crippen LogP contribution is 2.22. The van der Waals surface area contributed by atoms with E-state index < -0.39 is 5.97 Å². The lowest BCUT2D eigenvalue weighted by Crippen LogP contribution is -2.22. The minimum absolute atomic E-state index is 0.0194. The predicted molar refractivity (Wildman–Crippen MR) is 58.7 cm³/mol. The molecule has 5 nitrogen and oxygen atoms in total. The van der Waals surface area contributed by atoms with Gasteiger partial charge in [-0.3, -0.25) is 4.79 Å². The number of carboxylic acid groups (broad SMARTS) is 1. The van der Waals surface area contributed by atoms with Gasteiger partial charge in [0.05, 0.1) is 6.54 Å². The second-order valence-electron chi connectivity index (χ2n) is 3.52. The zero-order valence-corrected chi connectivity index (χ0v) is 9.54. The van der Waals surface area contributed by atoms with E-state index in [1.807, 2.05) is 0 Å². The van der Waals surface area contributed by atoms with Crippen molar-refractivity contribution in [2.75, 3.05) is 12.3 Å². The van der Waals surface area contributed by atoms with Gasteiger partial charge in [-0.05, 0) is 13.0 Å². The summed E-state index contributed by atoms with van der Waals surface area (Å²) in [6.07, 6.45) is 0. The second kappa shape index (κ2) is 4.21. The Morgan fingerprint density at radius 2 is 2.44 bits per heavy atom. The molecule has 86 valence electrons. The molecule has 1 saturated heterocycles. The highest BCUT2D eigenvalue weighted by Gasteiger charge is 2.23. The average Bonchev–Trinajstić information content (AvgIpc) is 2.75. The topological polar surface area (TPSA) is 70.8 Å². The Balaban J connectivity index is 2.13. The molecule has 2 rings (SSSR count). The van der Waals surface area contributed by atoms with E-state index in [9.17, 15) is 9.59 Å². The normalized spacial score (nSPS) is 15.8. The molecular weight excluding hydrogens is 230 g/mol. The van der Waals surface area contributed by atoms with Crippen LogP contribution in [0.25, 0.3) is 0 Å². The number of hydrogen-bond acceptors (Lipinski definition) is 4. The Hall–Kier alpha value is -1.43. The van der Waals surface area contributed by atoms with Crippen LogP contribution in [0, 0.1) is 6.92 Å². The van der Waals surface area contributed by atoms with Crippen LogP contribution < -0.4 is 0 Å². The van der Waals surface area contributed by atoms with E-state index in [0.717, 1.165) is 5.75 Å². The second-order valence-corrected chi connectivity index (χ2v) is 4.57. The lowest BCUT2D eigenvalue weighted by Gasteiger charge is -2.11. The Morgan fingerprint density at radius 3 is 2.94 bits per heavy atom. The van der Waals surface area contributed by atoms with Crippen LogP contribution >= 0.6 is 11.8 Å². The number of amides is 1. The van der Waals surface area contributed by atoms with Crippen molar-refractivity contribution in [1.29, 1.82) is 0 Å². The van der Waals surface area contributed by atoms with Crippen molar-refractivity contribution >= 4 is 23.0 Å². The molecule has 0 spiro atoms. The SMILES string of the molecule is Cc1oc(CN2CCSC2=O)cc1C(=O)O. The van der Waals surface area contributed by atoms with E-state index in [1.54, 1.807) is 11.8 Å². The van der Waals surface area contributed by atoms with E-state index in [1.165, 1.54) is 17.8 Å². The van der Waals surface area contributed by atoms with Crippen LogP contribution in [0.1, 0.15) is 21.9 Å². The summed E-state index contributed by atoms with van der Waals surface area (Å²) in [5.74, 6) is 0.673. The molecule has 2 heterocycles. The number of furan rings is 1. The first-order valence-corrected chi connectivity index (χ1v) is 5.81. The van der Waals surface area contributed by atoms with Crippen LogP contribution in [0.2, 0.25) is 0 Å². The largest absolute Gasteiger partial charge is 0.478 e. The summed E-state index contributed by atoms with van der Waals surface area (Å²) in [6, 6.07) is 1.48. The van der Waals surface area contributed by atoms with Gasteiger partial charge in [0.15, 0.2) is 0 Å². The average molecular weight is 241 g/mol. The highest BCUT2D eigenvalue weighted by atomic mass is 32.2. The molecule has 1 fully saturated rings. The molecule has 1 aromatic rings. The smallest absolute Gasteiger partial charge is 0.339 e. The molecule has 0 radical (unpaired) electrons. The summed E-state index contributed by atoms with van der Waals surface area (Å²) in [5, 5.41) is 8.87. The molecule has 0 atom stereocenters. The summed E-state index contributed by atoms with van der Waals surface area (Å²) in [6.45, 7) is 2.64. The van der Waals surface area contributed by atoms with Gasteiger partial charge in [0.25, 0.3) is 5.24 Å². The first-order chi connectivity index (χ1) is 7.58. The van der Waals surface area contributed by atoms with Gasteiger partial charge >= 0.3 is 5.97 Å². The molecule has 6 heteroatoms. The van der Waals surface area contributed by atoms with Gasteiger partial charge in [-0.2, -0.15) is 0 Å². The van der Waals surface area contributed by atoms with Gasteiger partial charge < -0.3 is 14.4 Å². The van der Waals surface area contributed by atoms with Crippen LogP contribution in [0.5, 0.6) is 0 Å². The first-order valence-electron chi connectivity index (χ1n) is 4.82. The fraction of sp³-hybridized carbons (Fsp3) is 0.400. The third kappa shape index (κ3) is 2.06. The van der Waals surface area contributed by atoms with E-state index >= 15 is 0 Å². The van der Waals surface area contributed by atoms with E-state index in [2.05, 4.69) is 0 Å². The number of aryl methyl sites for hydroxylation is 1. The van der Waals surface area contributed by atoms with Crippen LogP contribution in [-0.4, -0.2) is 33.5 Å². The molecule has 1 aromatic heterocycles. The van der Waals surface area contributed by atoms with E-state index in [4.69, 9.17) is 9.52 Å². The van der Waals surface area contributed by atoms with Crippen molar-refractivity contribution in [3.8, 4) is 0 Å². The molecule has 0 unspecified atom stereocenters. The molecule has 1 N–H and O–H groups in total. The maximum Gasteiger partial charge on any atom is 0.339 e. The summed E-state index contributed by atoms with van der Waals surface area (Å²) in [7, 11) is 0. The van der Waals surface area contributed by atoms with Gasteiger partial charge in [-0.1, -0.05) is 11.8 Å². The quantitative estimate of drug-likeness (QED) is 0.875. The van der Waals surface area contributed by atoms with Crippen molar-refractivity contribution < 1.29 is 19.1 Å². The lowest BCUT2D eigenvalue weighted by molar-refractivity contribution is 0.0695. The third-order valence-corrected chi connectivity index (χ3v) is 3.28. The molecule has 0 aliphatic carbocycles. The number of thioether (sulfide) groups is 1. The Bertz CT molecular complexity index is 440. The van der Waals surface area contributed by atoms with Crippen LogP contribution in [0.15, 0.2) is 10.5 Å². The number of aromatic carboxylic acids is 1. The molecule has 0 bridgehead atoms. The van der Waals surface area contributed by atoms with Crippen molar-refractivity contribution in [1.82, 2.24) is 4.90 Å². The summed E-state index contributed by atoms with van der Waals surface area (Å²) in [5.41, 5.74) is 0.161. The number of carboxylic acids is 1. The van der Waals surface area contributed by atoms with Crippen molar-refractivity contribution in [2.45, 2.75) is 13.5 Å². The number of rotatable bonds is 3. The highest BCUT2D eigenvalue weighted by molar-refractivity contribution is 8.13. The van der Waals surface area contributed by atoms with Gasteiger partial charge in [0.2, 0.25) is 0 Å². The monoisotopic (exact) mass is 241 g/mol. The molecule has 1 aliphatic rings. The Labute approximate surface area is 96.4 Å². The fourth-order valence-electron chi connectivity index (χ4n) is 1.59. The molecule has 0 saturated carbocycles. The van der Waals surface area contributed by atoms with E-state index in [-0.39, 0.29) is 10.8 Å². The standard InChI is InChI=1S/C10H11NO4S/c1-6-8(9(12)13)4-7(15-6)5-11-2-3-16-10(11)14/h4H,2-3,5H2,1H3,(H,12,13). The maximum atomic E-state index is 11.3. The summed E-state index contributed by atoms with van der Waals surface area (Å²) in [4.78, 5) is 23.8. The van der Waals surface area contributed by atoms with Gasteiger partial charge in [0, 0.05) is 12.3 Å². The van der Waals surface area contributed by atoms with Crippen LogP contribution in [-0.2, 0) is 6.54 Å². The van der Waals surface area contributed by atoms with Gasteiger partial charge in [0.1, 0.15) is 17.1 Å². The summed E-state index contributed by atoms with van der Waals surface area (Å²) >= 11 is 1.27. The van der Waals surface area contributed by atoms with Crippen LogP contribution in [0.3, 0.4) is 0 Å². The zero-order chi connectivity index (χ0) is 11.7. The predicted octanol–water partition coefficient (Wildman–Crippen LogP) is 1.96. The molecule has 1 aliphatic heterocycles. The number of nitrogens with zero attached hydrogens (tertiary/aromatic N) is 1. The number of hydrogen-bond donors (Lipinski definition) is 1.